The quantitative estimate of drug-likeness (QED) is 0.433. The molecule has 1 fully saturated rings. The van der Waals surface area contributed by atoms with Crippen LogP contribution in [0.4, 0.5) is 5.00 Å². The molecule has 0 saturated carbocycles. The van der Waals surface area contributed by atoms with Gasteiger partial charge in [-0.25, -0.2) is 0 Å². The molecule has 1 aliphatic heterocycles. The van der Waals surface area contributed by atoms with E-state index in [1.807, 2.05) is 17.0 Å². The molecule has 0 atom stereocenters. The molecule has 0 aliphatic carbocycles. The van der Waals surface area contributed by atoms with Crippen LogP contribution in [0.15, 0.2) is 17.8 Å². The molecule has 0 aromatic carbocycles. The second-order valence-corrected chi connectivity index (χ2v) is 5.58. The van der Waals surface area contributed by atoms with Crippen molar-refractivity contribution in [2.24, 2.45) is 0 Å². The van der Waals surface area contributed by atoms with E-state index in [1.54, 1.807) is 6.08 Å². The normalized spacial score (nSPS) is 16.4. The van der Waals surface area contributed by atoms with Crippen LogP contribution >= 0.6 is 23.6 Å². The predicted molar refractivity (Wildman–Crippen MR) is 82.6 cm³/mol. The Morgan fingerprint density at radius 1 is 1.25 bits per heavy atom. The van der Waals surface area contributed by atoms with Crippen LogP contribution in [0.3, 0.4) is 0 Å². The van der Waals surface area contributed by atoms with Crippen LogP contribution in [0.25, 0.3) is 6.08 Å². The number of nitrogens with zero attached hydrogens (tertiary/aromatic N) is 1. The molecule has 1 amide bonds. The van der Waals surface area contributed by atoms with Crippen molar-refractivity contribution in [2.45, 2.75) is 0 Å². The largest absolute Gasteiger partial charge is 0.395 e. The number of carbonyl (C=O) groups excluding carboxylic acids is 1. The van der Waals surface area contributed by atoms with Crippen LogP contribution in [-0.2, 0) is 4.79 Å². The van der Waals surface area contributed by atoms with E-state index in [1.165, 1.54) is 11.3 Å². The van der Waals surface area contributed by atoms with Gasteiger partial charge in [0.15, 0.2) is 5.11 Å². The van der Waals surface area contributed by atoms with Gasteiger partial charge in [-0.3, -0.25) is 10.1 Å². The van der Waals surface area contributed by atoms with Crippen molar-refractivity contribution in [3.8, 4) is 0 Å². The van der Waals surface area contributed by atoms with Gasteiger partial charge in [-0.05, 0) is 30.4 Å². The standard InChI is InChI=1S/C12H15N3O3S2/c16-5-3-15(4-6-17)10-2-1-8(20-10)7-9-11(18)14-12(19)13-9/h1-2,7,16-17H,3-6H2,(H2,13,14,18,19)/b9-7+. The van der Waals surface area contributed by atoms with Gasteiger partial charge in [-0.1, -0.05) is 0 Å². The number of thiocarbonyl (C=S) groups is 1. The van der Waals surface area contributed by atoms with Gasteiger partial charge in [0.05, 0.1) is 18.2 Å². The average molecular weight is 313 g/mol. The summed E-state index contributed by atoms with van der Waals surface area (Å²) in [5.74, 6) is -0.243. The molecule has 20 heavy (non-hydrogen) atoms. The summed E-state index contributed by atoms with van der Waals surface area (Å²) in [5.41, 5.74) is 0.416. The minimum Gasteiger partial charge on any atom is -0.395 e. The molecule has 0 radical (unpaired) electrons. The number of anilines is 1. The first kappa shape index (κ1) is 14.9. The number of carbonyl (C=O) groups is 1. The summed E-state index contributed by atoms with van der Waals surface area (Å²) in [7, 11) is 0. The van der Waals surface area contributed by atoms with Crippen LogP contribution in [0, 0.1) is 0 Å². The zero-order chi connectivity index (χ0) is 14.5. The lowest BCUT2D eigenvalue weighted by molar-refractivity contribution is -0.115. The molecular weight excluding hydrogens is 298 g/mol. The van der Waals surface area contributed by atoms with Crippen molar-refractivity contribution in [2.75, 3.05) is 31.2 Å². The smallest absolute Gasteiger partial charge is 0.273 e. The average Bonchev–Trinajstić information content (AvgIpc) is 2.97. The third-order valence-corrected chi connectivity index (χ3v) is 3.97. The maximum absolute atomic E-state index is 11.5. The van der Waals surface area contributed by atoms with Crippen LogP contribution in [0.1, 0.15) is 4.88 Å². The van der Waals surface area contributed by atoms with Gasteiger partial charge in [0.25, 0.3) is 5.91 Å². The van der Waals surface area contributed by atoms with Crippen LogP contribution in [0.5, 0.6) is 0 Å². The second-order valence-electron chi connectivity index (χ2n) is 4.08. The Morgan fingerprint density at radius 2 is 1.95 bits per heavy atom. The summed E-state index contributed by atoms with van der Waals surface area (Å²) < 4.78 is 0. The van der Waals surface area contributed by atoms with Crippen molar-refractivity contribution in [3.63, 3.8) is 0 Å². The van der Waals surface area contributed by atoms with Gasteiger partial charge >= 0.3 is 0 Å². The molecule has 1 aromatic rings. The molecule has 0 unspecified atom stereocenters. The molecule has 8 heteroatoms. The number of hydrogen-bond acceptors (Lipinski definition) is 6. The van der Waals surface area contributed by atoms with E-state index in [2.05, 4.69) is 10.6 Å². The molecule has 6 nitrogen and oxygen atoms in total. The van der Waals surface area contributed by atoms with Crippen molar-refractivity contribution < 1.29 is 15.0 Å². The van der Waals surface area contributed by atoms with E-state index in [0.29, 0.717) is 23.9 Å². The lowest BCUT2D eigenvalue weighted by Gasteiger charge is -2.20. The number of thiophene rings is 1. The maximum Gasteiger partial charge on any atom is 0.273 e. The summed E-state index contributed by atoms with van der Waals surface area (Å²) in [6.45, 7) is 0.957. The monoisotopic (exact) mass is 313 g/mol. The number of nitrogens with one attached hydrogen (secondary N) is 2. The third kappa shape index (κ3) is 3.54. The lowest BCUT2D eigenvalue weighted by atomic mass is 10.3. The zero-order valence-corrected chi connectivity index (χ0v) is 12.3. The SMILES string of the molecule is O=C1NC(=S)N/C1=C/c1ccc(N(CCO)CCO)s1. The number of rotatable bonds is 6. The van der Waals surface area contributed by atoms with E-state index in [-0.39, 0.29) is 19.1 Å². The lowest BCUT2D eigenvalue weighted by Crippen LogP contribution is -2.28. The first-order valence-corrected chi connectivity index (χ1v) is 7.27. The first-order valence-electron chi connectivity index (χ1n) is 6.04. The van der Waals surface area contributed by atoms with Crippen molar-refractivity contribution in [3.05, 3.63) is 22.7 Å². The summed E-state index contributed by atoms with van der Waals surface area (Å²) >= 11 is 6.34. The van der Waals surface area contributed by atoms with Gasteiger partial charge < -0.3 is 20.4 Å². The second kappa shape index (κ2) is 6.80. The molecule has 2 rings (SSSR count). The van der Waals surface area contributed by atoms with Crippen LogP contribution < -0.4 is 15.5 Å². The fourth-order valence-corrected chi connectivity index (χ4v) is 2.99. The summed E-state index contributed by atoms with van der Waals surface area (Å²) in [5, 5.41) is 24.6. The maximum atomic E-state index is 11.5. The Kier molecular flexibility index (Phi) is 5.07. The van der Waals surface area contributed by atoms with Crippen LogP contribution in [-0.4, -0.2) is 47.5 Å². The van der Waals surface area contributed by atoms with E-state index >= 15 is 0 Å². The summed E-state index contributed by atoms with van der Waals surface area (Å²) in [6.07, 6.45) is 1.72. The highest BCUT2D eigenvalue weighted by atomic mass is 32.1. The Hall–Kier alpha value is -1.48. The van der Waals surface area contributed by atoms with Crippen LogP contribution in [0.2, 0.25) is 0 Å². The Labute approximate surface area is 125 Å². The Bertz CT molecular complexity index is 536. The zero-order valence-electron chi connectivity index (χ0n) is 10.6. The molecule has 0 spiro atoms. The fraction of sp³-hybridized carbons (Fsp3) is 0.333. The molecule has 4 N–H and O–H groups in total. The molecule has 0 bridgehead atoms. The fourth-order valence-electron chi connectivity index (χ4n) is 1.79. The van der Waals surface area contributed by atoms with Gasteiger partial charge in [-0.15, -0.1) is 11.3 Å². The van der Waals surface area contributed by atoms with Crippen molar-refractivity contribution >= 4 is 45.7 Å². The minimum absolute atomic E-state index is 0.0204. The van der Waals surface area contributed by atoms with E-state index in [0.717, 1.165) is 9.88 Å². The third-order valence-electron chi connectivity index (χ3n) is 2.67. The molecule has 2 heterocycles. The summed E-state index contributed by atoms with van der Waals surface area (Å²) in [4.78, 5) is 14.3. The van der Waals surface area contributed by atoms with Gasteiger partial charge in [0.1, 0.15) is 5.70 Å². The highest BCUT2D eigenvalue weighted by molar-refractivity contribution is 7.80. The first-order chi connectivity index (χ1) is 9.63. The molecule has 1 aromatic heterocycles. The Balaban J connectivity index is 2.14. The number of amides is 1. The van der Waals surface area contributed by atoms with E-state index in [9.17, 15) is 4.79 Å². The Morgan fingerprint density at radius 3 is 2.50 bits per heavy atom. The van der Waals surface area contributed by atoms with Gasteiger partial charge in [0.2, 0.25) is 0 Å². The van der Waals surface area contributed by atoms with E-state index in [4.69, 9.17) is 22.4 Å². The number of aliphatic hydroxyl groups excluding tert-OH is 2. The van der Waals surface area contributed by atoms with Gasteiger partial charge in [-0.2, -0.15) is 0 Å². The minimum atomic E-state index is -0.243. The number of hydrogen-bond donors (Lipinski definition) is 4. The highest BCUT2D eigenvalue weighted by Gasteiger charge is 2.20. The van der Waals surface area contributed by atoms with Gasteiger partial charge in [0, 0.05) is 18.0 Å². The number of aliphatic hydroxyl groups is 2. The molecule has 108 valence electrons. The highest BCUT2D eigenvalue weighted by Crippen LogP contribution is 2.27. The molecular formula is C12H15N3O3S2. The predicted octanol–water partition coefficient (Wildman–Crippen LogP) is -0.116. The van der Waals surface area contributed by atoms with Crippen molar-refractivity contribution in [1.29, 1.82) is 0 Å². The van der Waals surface area contributed by atoms with E-state index < -0.39 is 0 Å². The topological polar surface area (TPSA) is 84.8 Å². The molecule has 1 aliphatic rings. The molecule has 1 saturated heterocycles. The van der Waals surface area contributed by atoms with Crippen molar-refractivity contribution in [1.82, 2.24) is 10.6 Å². The summed E-state index contributed by atoms with van der Waals surface area (Å²) in [6, 6.07) is 3.78.